The first-order valence-electron chi connectivity index (χ1n) is 7.19. The van der Waals surface area contributed by atoms with E-state index in [0.717, 1.165) is 19.0 Å². The van der Waals surface area contributed by atoms with Crippen LogP contribution < -0.4 is 5.32 Å². The molecule has 0 aromatic heterocycles. The summed E-state index contributed by atoms with van der Waals surface area (Å²) in [7, 11) is 0. The maximum atomic E-state index is 6.21. The lowest BCUT2D eigenvalue weighted by molar-refractivity contribution is 0.551. The molecule has 1 fully saturated rings. The fourth-order valence-corrected chi connectivity index (χ4v) is 2.43. The fraction of sp³-hybridized carbons (Fsp3) is 1.00. The van der Waals surface area contributed by atoms with E-state index in [2.05, 4.69) is 12.2 Å². The molecule has 1 saturated carbocycles. The van der Waals surface area contributed by atoms with Gasteiger partial charge in [0, 0.05) is 11.9 Å². The van der Waals surface area contributed by atoms with Gasteiger partial charge in [0.25, 0.3) is 0 Å². The van der Waals surface area contributed by atoms with Crippen LogP contribution in [-0.4, -0.2) is 18.5 Å². The molecule has 0 amide bonds. The number of halogens is 1. The molecule has 1 aliphatic rings. The molecule has 0 radical (unpaired) electrons. The van der Waals surface area contributed by atoms with Crippen molar-refractivity contribution in [2.75, 3.05) is 13.1 Å². The Hall–Kier alpha value is 0.250. The van der Waals surface area contributed by atoms with Crippen molar-refractivity contribution in [2.24, 2.45) is 5.92 Å². The second kappa shape index (κ2) is 9.30. The quantitative estimate of drug-likeness (QED) is 0.422. The third-order valence-corrected chi connectivity index (χ3v) is 3.94. The smallest absolute Gasteiger partial charge is 0.0488 e. The first kappa shape index (κ1) is 14.3. The van der Waals surface area contributed by atoms with Crippen LogP contribution in [0.1, 0.15) is 64.7 Å². The van der Waals surface area contributed by atoms with Crippen LogP contribution in [0, 0.1) is 5.92 Å². The van der Waals surface area contributed by atoms with Gasteiger partial charge < -0.3 is 5.32 Å². The Bertz CT molecular complexity index is 157. The van der Waals surface area contributed by atoms with E-state index in [9.17, 15) is 0 Å². The van der Waals surface area contributed by atoms with Crippen molar-refractivity contribution in [3.05, 3.63) is 0 Å². The van der Waals surface area contributed by atoms with Crippen molar-refractivity contribution in [3.8, 4) is 0 Å². The molecule has 16 heavy (non-hydrogen) atoms. The van der Waals surface area contributed by atoms with Crippen LogP contribution in [0.5, 0.6) is 0 Å². The summed E-state index contributed by atoms with van der Waals surface area (Å²) in [6.07, 6.45) is 12.4. The van der Waals surface area contributed by atoms with Crippen molar-refractivity contribution in [3.63, 3.8) is 0 Å². The molecule has 0 heterocycles. The summed E-state index contributed by atoms with van der Waals surface area (Å²) in [6.45, 7) is 4.44. The third kappa shape index (κ3) is 7.51. The minimum absolute atomic E-state index is 0.393. The van der Waals surface area contributed by atoms with Gasteiger partial charge >= 0.3 is 0 Å². The van der Waals surface area contributed by atoms with Crippen LogP contribution in [0.3, 0.4) is 0 Å². The van der Waals surface area contributed by atoms with E-state index in [1.54, 1.807) is 0 Å². The van der Waals surface area contributed by atoms with Gasteiger partial charge in [0.1, 0.15) is 0 Å². The molecule has 1 rings (SSSR count). The van der Waals surface area contributed by atoms with Crippen LogP contribution in [0.25, 0.3) is 0 Å². The highest BCUT2D eigenvalue weighted by Gasteiger charge is 2.28. The zero-order chi connectivity index (χ0) is 11.6. The van der Waals surface area contributed by atoms with E-state index in [4.69, 9.17) is 11.6 Å². The van der Waals surface area contributed by atoms with Gasteiger partial charge in [-0.25, -0.2) is 0 Å². The molecular formula is C14H28ClN. The topological polar surface area (TPSA) is 12.0 Å². The van der Waals surface area contributed by atoms with Crippen LogP contribution in [0.2, 0.25) is 0 Å². The summed E-state index contributed by atoms with van der Waals surface area (Å²) >= 11 is 6.21. The van der Waals surface area contributed by atoms with Crippen LogP contribution in [0.4, 0.5) is 0 Å². The van der Waals surface area contributed by atoms with Gasteiger partial charge in [-0.1, -0.05) is 45.4 Å². The van der Waals surface area contributed by atoms with Crippen LogP contribution in [-0.2, 0) is 0 Å². The second-order valence-corrected chi connectivity index (χ2v) is 5.74. The largest absolute Gasteiger partial charge is 0.315 e. The highest BCUT2D eigenvalue weighted by Crippen LogP contribution is 2.35. The molecular weight excluding hydrogens is 218 g/mol. The first-order valence-corrected chi connectivity index (χ1v) is 7.63. The number of unbranched alkanes of at least 4 members (excludes halogenated alkanes) is 6. The lowest BCUT2D eigenvalue weighted by Crippen LogP contribution is -2.25. The van der Waals surface area contributed by atoms with Gasteiger partial charge in [-0.05, 0) is 31.7 Å². The Labute approximate surface area is 106 Å². The number of hydrogen-bond acceptors (Lipinski definition) is 1. The van der Waals surface area contributed by atoms with E-state index in [1.165, 1.54) is 57.8 Å². The SMILES string of the molecule is CCCCCCCCCNCC(Cl)C1CC1. The summed E-state index contributed by atoms with van der Waals surface area (Å²) < 4.78 is 0. The summed E-state index contributed by atoms with van der Waals surface area (Å²) in [5, 5.41) is 3.87. The van der Waals surface area contributed by atoms with Gasteiger partial charge in [-0.15, -0.1) is 11.6 Å². The summed E-state index contributed by atoms with van der Waals surface area (Å²) in [4.78, 5) is 0. The zero-order valence-electron chi connectivity index (χ0n) is 10.8. The molecule has 1 N–H and O–H groups in total. The third-order valence-electron chi connectivity index (χ3n) is 3.43. The molecule has 1 nitrogen and oxygen atoms in total. The number of nitrogens with one attached hydrogen (secondary N) is 1. The predicted octanol–water partition coefficient (Wildman–Crippen LogP) is 4.34. The van der Waals surface area contributed by atoms with E-state index in [0.29, 0.717) is 5.38 Å². The van der Waals surface area contributed by atoms with Gasteiger partial charge in [0.15, 0.2) is 0 Å². The Kier molecular flexibility index (Phi) is 8.32. The maximum Gasteiger partial charge on any atom is 0.0488 e. The maximum absolute atomic E-state index is 6.21. The van der Waals surface area contributed by atoms with Gasteiger partial charge in [-0.3, -0.25) is 0 Å². The van der Waals surface area contributed by atoms with E-state index in [1.807, 2.05) is 0 Å². The minimum atomic E-state index is 0.393. The predicted molar refractivity (Wildman–Crippen MR) is 73.2 cm³/mol. The fourth-order valence-electron chi connectivity index (χ4n) is 2.07. The molecule has 1 aliphatic carbocycles. The van der Waals surface area contributed by atoms with Gasteiger partial charge in [-0.2, -0.15) is 0 Å². The lowest BCUT2D eigenvalue weighted by atomic mass is 10.1. The molecule has 0 aliphatic heterocycles. The highest BCUT2D eigenvalue weighted by molar-refractivity contribution is 6.21. The molecule has 0 aromatic rings. The van der Waals surface area contributed by atoms with Crippen molar-refractivity contribution >= 4 is 11.6 Å². The Morgan fingerprint density at radius 1 is 1.06 bits per heavy atom. The number of hydrogen-bond donors (Lipinski definition) is 1. The molecule has 0 spiro atoms. The Morgan fingerprint density at radius 2 is 1.69 bits per heavy atom. The van der Waals surface area contributed by atoms with Crippen molar-refractivity contribution in [2.45, 2.75) is 70.1 Å². The molecule has 2 heteroatoms. The molecule has 1 atom stereocenters. The molecule has 0 saturated heterocycles. The molecule has 0 bridgehead atoms. The zero-order valence-corrected chi connectivity index (χ0v) is 11.6. The molecule has 1 unspecified atom stereocenters. The van der Waals surface area contributed by atoms with E-state index < -0.39 is 0 Å². The summed E-state index contributed by atoms with van der Waals surface area (Å²) in [5.74, 6) is 0.822. The summed E-state index contributed by atoms with van der Waals surface area (Å²) in [6, 6.07) is 0. The highest BCUT2D eigenvalue weighted by atomic mass is 35.5. The Balaban J connectivity index is 1.71. The Morgan fingerprint density at radius 3 is 2.31 bits per heavy atom. The van der Waals surface area contributed by atoms with Crippen molar-refractivity contribution in [1.82, 2.24) is 5.32 Å². The van der Waals surface area contributed by atoms with E-state index in [-0.39, 0.29) is 0 Å². The minimum Gasteiger partial charge on any atom is -0.315 e. The standard InChI is InChI=1S/C14H28ClN/c1-2-3-4-5-6-7-8-11-16-12-14(15)13-9-10-13/h13-14,16H,2-12H2,1H3. The number of alkyl halides is 1. The van der Waals surface area contributed by atoms with Crippen LogP contribution >= 0.6 is 11.6 Å². The average Bonchev–Trinajstić information content (AvgIpc) is 3.10. The van der Waals surface area contributed by atoms with Gasteiger partial charge in [0.2, 0.25) is 0 Å². The monoisotopic (exact) mass is 245 g/mol. The second-order valence-electron chi connectivity index (χ2n) is 5.18. The number of rotatable bonds is 11. The summed E-state index contributed by atoms with van der Waals surface area (Å²) in [5.41, 5.74) is 0. The van der Waals surface area contributed by atoms with E-state index >= 15 is 0 Å². The normalized spacial score (nSPS) is 17.6. The van der Waals surface area contributed by atoms with Crippen LogP contribution in [0.15, 0.2) is 0 Å². The van der Waals surface area contributed by atoms with Crippen molar-refractivity contribution < 1.29 is 0 Å². The average molecular weight is 246 g/mol. The first-order chi connectivity index (χ1) is 7.84. The van der Waals surface area contributed by atoms with Crippen molar-refractivity contribution in [1.29, 1.82) is 0 Å². The lowest BCUT2D eigenvalue weighted by Gasteiger charge is -2.09. The molecule has 96 valence electrons. The van der Waals surface area contributed by atoms with Gasteiger partial charge in [0.05, 0.1) is 0 Å². The molecule has 0 aromatic carbocycles.